The van der Waals surface area contributed by atoms with Gasteiger partial charge < -0.3 is 19.5 Å². The monoisotopic (exact) mass is 393 g/mol. The third-order valence-corrected chi connectivity index (χ3v) is 4.77. The Bertz CT molecular complexity index is 541. The summed E-state index contributed by atoms with van der Waals surface area (Å²) < 4.78 is 7.25. The first-order chi connectivity index (χ1) is 11.3. The third-order valence-electron chi connectivity index (χ3n) is 4.77. The Kier molecular flexibility index (Phi) is 9.71. The van der Waals surface area contributed by atoms with E-state index in [0.717, 1.165) is 50.4 Å². The molecular weight excluding hydrogens is 365 g/mol. The zero-order valence-electron chi connectivity index (χ0n) is 14.8. The summed E-state index contributed by atoms with van der Waals surface area (Å²) in [4.78, 5) is 14.6. The summed E-state index contributed by atoms with van der Waals surface area (Å²) in [6, 6.07) is 0.0832. The number of piperidine rings is 1. The van der Waals surface area contributed by atoms with Gasteiger partial charge in [-0.2, -0.15) is 0 Å². The van der Waals surface area contributed by atoms with Gasteiger partial charge in [0.2, 0.25) is 5.91 Å². The lowest BCUT2D eigenvalue weighted by Crippen LogP contribution is -2.44. The summed E-state index contributed by atoms with van der Waals surface area (Å²) in [5, 5.41) is 12.0. The van der Waals surface area contributed by atoms with E-state index >= 15 is 0 Å². The van der Waals surface area contributed by atoms with Gasteiger partial charge in [0, 0.05) is 33.2 Å². The summed E-state index contributed by atoms with van der Waals surface area (Å²) in [5.74, 6) is 2.23. The standard InChI is InChI=1S/C16H27N5O2.2ClH/c1-23-11-8-17-12-15(22)20-9-4-2-6-13(20)16-19-18-14-7-3-5-10-21(14)16;;/h13,17H,2-12H2,1H3;2*1H. The van der Waals surface area contributed by atoms with Crippen LogP contribution in [0.2, 0.25) is 0 Å². The zero-order valence-corrected chi connectivity index (χ0v) is 16.4. The lowest BCUT2D eigenvalue weighted by molar-refractivity contribution is -0.134. The number of ether oxygens (including phenoxy) is 1. The van der Waals surface area contributed by atoms with Gasteiger partial charge in [0.1, 0.15) is 5.82 Å². The van der Waals surface area contributed by atoms with Crippen molar-refractivity contribution in [2.24, 2.45) is 0 Å². The lowest BCUT2D eigenvalue weighted by Gasteiger charge is -2.35. The number of nitrogens with one attached hydrogen (secondary N) is 1. The van der Waals surface area contributed by atoms with Crippen molar-refractivity contribution in [2.45, 2.75) is 51.1 Å². The van der Waals surface area contributed by atoms with Crippen LogP contribution in [0.3, 0.4) is 0 Å². The number of hydrogen-bond acceptors (Lipinski definition) is 5. The van der Waals surface area contributed by atoms with E-state index in [-0.39, 0.29) is 36.8 Å². The second-order valence-corrected chi connectivity index (χ2v) is 6.35. The molecule has 0 bridgehead atoms. The molecule has 1 aromatic rings. The van der Waals surface area contributed by atoms with Gasteiger partial charge in [-0.3, -0.25) is 4.79 Å². The molecule has 25 heavy (non-hydrogen) atoms. The fourth-order valence-electron chi connectivity index (χ4n) is 3.55. The van der Waals surface area contributed by atoms with Crippen molar-refractivity contribution in [1.82, 2.24) is 25.0 Å². The fraction of sp³-hybridized carbons (Fsp3) is 0.812. The molecule has 1 atom stereocenters. The molecule has 7 nitrogen and oxygen atoms in total. The molecule has 144 valence electrons. The predicted molar refractivity (Wildman–Crippen MR) is 101 cm³/mol. The van der Waals surface area contributed by atoms with Gasteiger partial charge in [0.25, 0.3) is 0 Å². The van der Waals surface area contributed by atoms with E-state index in [1.807, 2.05) is 4.90 Å². The molecule has 0 aromatic carbocycles. The maximum atomic E-state index is 12.6. The molecule has 1 amide bonds. The summed E-state index contributed by atoms with van der Waals surface area (Å²) in [7, 11) is 1.67. The van der Waals surface area contributed by atoms with E-state index in [9.17, 15) is 4.79 Å². The minimum absolute atomic E-state index is 0. The molecule has 3 heterocycles. The number of carbonyl (C=O) groups is 1. The maximum absolute atomic E-state index is 12.6. The highest BCUT2D eigenvalue weighted by atomic mass is 35.5. The van der Waals surface area contributed by atoms with Gasteiger partial charge in [-0.15, -0.1) is 35.0 Å². The molecular formula is C16H29Cl2N5O2. The van der Waals surface area contributed by atoms with Crippen molar-refractivity contribution < 1.29 is 9.53 Å². The Labute approximate surface area is 161 Å². The number of rotatable bonds is 6. The number of carbonyl (C=O) groups excluding carboxylic acids is 1. The van der Waals surface area contributed by atoms with Crippen LogP contribution in [0.25, 0.3) is 0 Å². The van der Waals surface area contributed by atoms with Crippen molar-refractivity contribution in [2.75, 3.05) is 33.4 Å². The molecule has 0 spiro atoms. The Morgan fingerprint density at radius 3 is 2.80 bits per heavy atom. The van der Waals surface area contributed by atoms with E-state index in [4.69, 9.17) is 4.74 Å². The first kappa shape index (κ1) is 22.2. The van der Waals surface area contributed by atoms with Gasteiger partial charge in [-0.1, -0.05) is 0 Å². The minimum atomic E-state index is 0. The number of amides is 1. The molecule has 1 aromatic heterocycles. The molecule has 1 fully saturated rings. The fourth-order valence-corrected chi connectivity index (χ4v) is 3.55. The van der Waals surface area contributed by atoms with E-state index < -0.39 is 0 Å². The number of aryl methyl sites for hydroxylation is 1. The molecule has 2 aliphatic rings. The molecule has 0 radical (unpaired) electrons. The van der Waals surface area contributed by atoms with Gasteiger partial charge in [-0.25, -0.2) is 0 Å². The molecule has 9 heteroatoms. The first-order valence-electron chi connectivity index (χ1n) is 8.72. The van der Waals surface area contributed by atoms with Gasteiger partial charge in [0.05, 0.1) is 19.2 Å². The van der Waals surface area contributed by atoms with Crippen molar-refractivity contribution >= 4 is 30.7 Å². The first-order valence-corrected chi connectivity index (χ1v) is 8.72. The van der Waals surface area contributed by atoms with Crippen LogP contribution >= 0.6 is 24.8 Å². The van der Waals surface area contributed by atoms with Crippen LogP contribution in [0.1, 0.15) is 49.8 Å². The van der Waals surface area contributed by atoms with E-state index in [1.165, 1.54) is 12.8 Å². The van der Waals surface area contributed by atoms with Crippen molar-refractivity contribution in [3.63, 3.8) is 0 Å². The topological polar surface area (TPSA) is 72.3 Å². The molecule has 1 saturated heterocycles. The quantitative estimate of drug-likeness (QED) is 0.745. The Morgan fingerprint density at radius 2 is 2.00 bits per heavy atom. The number of methoxy groups -OCH3 is 1. The second-order valence-electron chi connectivity index (χ2n) is 6.35. The molecule has 3 rings (SSSR count). The Morgan fingerprint density at radius 1 is 1.20 bits per heavy atom. The maximum Gasteiger partial charge on any atom is 0.237 e. The van der Waals surface area contributed by atoms with Crippen LogP contribution < -0.4 is 5.32 Å². The highest BCUT2D eigenvalue weighted by molar-refractivity contribution is 5.85. The van der Waals surface area contributed by atoms with Crippen LogP contribution in [0.4, 0.5) is 0 Å². The molecule has 0 aliphatic carbocycles. The van der Waals surface area contributed by atoms with Crippen LogP contribution in [0, 0.1) is 0 Å². The number of fused-ring (bicyclic) bond motifs is 1. The summed E-state index contributed by atoms with van der Waals surface area (Å²) in [6.07, 6.45) is 6.58. The van der Waals surface area contributed by atoms with Gasteiger partial charge >= 0.3 is 0 Å². The highest BCUT2D eigenvalue weighted by Crippen LogP contribution is 2.31. The normalized spacial score (nSPS) is 19.6. The van der Waals surface area contributed by atoms with Crippen LogP contribution in [0.5, 0.6) is 0 Å². The number of hydrogen-bond donors (Lipinski definition) is 1. The lowest BCUT2D eigenvalue weighted by atomic mass is 10.0. The van der Waals surface area contributed by atoms with Crippen molar-refractivity contribution in [3.05, 3.63) is 11.6 Å². The molecule has 1 unspecified atom stereocenters. The Hall–Kier alpha value is -0.890. The van der Waals surface area contributed by atoms with Gasteiger partial charge in [-0.05, 0) is 32.1 Å². The smallest absolute Gasteiger partial charge is 0.237 e. The van der Waals surface area contributed by atoms with Crippen molar-refractivity contribution in [1.29, 1.82) is 0 Å². The Balaban J connectivity index is 0.00000156. The number of likely N-dealkylation sites (tertiary alicyclic amines) is 1. The third kappa shape index (κ3) is 5.29. The summed E-state index contributed by atoms with van der Waals surface area (Å²) in [6.45, 7) is 3.48. The average Bonchev–Trinajstić information content (AvgIpc) is 3.02. The predicted octanol–water partition coefficient (Wildman–Crippen LogP) is 1.75. The molecule has 1 N–H and O–H groups in total. The van der Waals surface area contributed by atoms with Crippen molar-refractivity contribution in [3.8, 4) is 0 Å². The van der Waals surface area contributed by atoms with E-state index in [0.29, 0.717) is 19.7 Å². The number of halogens is 2. The van der Waals surface area contributed by atoms with Gasteiger partial charge in [0.15, 0.2) is 5.82 Å². The summed E-state index contributed by atoms with van der Waals surface area (Å²) >= 11 is 0. The SMILES string of the molecule is COCCNCC(=O)N1CCCCC1c1nnc2n1CCCC2.Cl.Cl. The molecule has 0 saturated carbocycles. The second kappa shape index (κ2) is 11.0. The summed E-state index contributed by atoms with van der Waals surface area (Å²) in [5.41, 5.74) is 0. The van der Waals surface area contributed by atoms with Crippen LogP contribution in [-0.2, 0) is 22.5 Å². The number of nitrogens with zero attached hydrogens (tertiary/aromatic N) is 4. The average molecular weight is 394 g/mol. The van der Waals surface area contributed by atoms with E-state index in [1.54, 1.807) is 7.11 Å². The number of aromatic nitrogens is 3. The zero-order chi connectivity index (χ0) is 16.1. The molecule has 2 aliphatic heterocycles. The highest BCUT2D eigenvalue weighted by Gasteiger charge is 2.32. The minimum Gasteiger partial charge on any atom is -0.383 e. The van der Waals surface area contributed by atoms with Crippen LogP contribution in [-0.4, -0.2) is 58.9 Å². The van der Waals surface area contributed by atoms with E-state index in [2.05, 4.69) is 20.1 Å². The van der Waals surface area contributed by atoms with Crippen LogP contribution in [0.15, 0.2) is 0 Å². The largest absolute Gasteiger partial charge is 0.383 e.